The van der Waals surface area contributed by atoms with Crippen molar-refractivity contribution in [2.24, 2.45) is 0 Å². The third-order valence-corrected chi connectivity index (χ3v) is 3.69. The summed E-state index contributed by atoms with van der Waals surface area (Å²) < 4.78 is 4.57. The molecule has 0 aliphatic heterocycles. The summed E-state index contributed by atoms with van der Waals surface area (Å²) in [6, 6.07) is 5.26. The summed E-state index contributed by atoms with van der Waals surface area (Å²) in [5.41, 5.74) is 6.97. The molecule has 3 N–H and O–H groups in total. The molecule has 0 saturated carbocycles. The van der Waals surface area contributed by atoms with Crippen molar-refractivity contribution < 1.29 is 4.79 Å². The Kier molecular flexibility index (Phi) is 2.65. The molecule has 8 heteroatoms. The lowest BCUT2D eigenvalue weighted by Gasteiger charge is -2.00. The Balaban J connectivity index is 1.91. The fraction of sp³-hybridized carbons (Fsp3) is 0. The van der Waals surface area contributed by atoms with E-state index in [0.717, 1.165) is 21.7 Å². The highest BCUT2D eigenvalue weighted by Crippen LogP contribution is 2.25. The van der Waals surface area contributed by atoms with E-state index in [1.54, 1.807) is 18.2 Å². The van der Waals surface area contributed by atoms with Crippen LogP contribution in [0, 0.1) is 0 Å². The van der Waals surface area contributed by atoms with E-state index in [9.17, 15) is 4.79 Å². The monoisotopic (exact) mass is 277 g/mol. The number of amides is 1. The van der Waals surface area contributed by atoms with Crippen molar-refractivity contribution >= 4 is 49.1 Å². The highest BCUT2D eigenvalue weighted by Gasteiger charge is 2.09. The normalized spacial score (nSPS) is 10.7. The number of nitrogens with zero attached hydrogens (tertiary/aromatic N) is 3. The zero-order valence-electron chi connectivity index (χ0n) is 8.95. The van der Waals surface area contributed by atoms with Crippen LogP contribution in [0.3, 0.4) is 0 Å². The molecule has 0 aliphatic rings. The Labute approximate surface area is 110 Å². The molecule has 0 fully saturated rings. The minimum Gasteiger partial charge on any atom is -0.375 e. The van der Waals surface area contributed by atoms with Crippen LogP contribution in [0.4, 0.5) is 10.1 Å². The average molecular weight is 277 g/mol. The maximum absolute atomic E-state index is 12.0. The molecular weight excluding hydrogens is 270 g/mol. The molecule has 0 saturated heterocycles. The number of hydrogen-bond donors (Lipinski definition) is 2. The molecule has 18 heavy (non-hydrogen) atoms. The first-order valence-electron chi connectivity index (χ1n) is 4.97. The van der Waals surface area contributed by atoms with Crippen molar-refractivity contribution in [1.82, 2.24) is 14.6 Å². The molecule has 0 radical (unpaired) electrons. The first-order valence-corrected chi connectivity index (χ1v) is 6.56. The third-order valence-electron chi connectivity index (χ3n) is 2.27. The minimum absolute atomic E-state index is 0.199. The number of hydrogen-bond acceptors (Lipinski definition) is 7. The summed E-state index contributed by atoms with van der Waals surface area (Å²) in [5, 5.41) is 7.48. The summed E-state index contributed by atoms with van der Waals surface area (Å²) >= 11 is 2.49. The van der Waals surface area contributed by atoms with Crippen LogP contribution in [0.25, 0.3) is 10.2 Å². The second-order valence-corrected chi connectivity index (χ2v) is 5.32. The summed E-state index contributed by atoms with van der Waals surface area (Å²) in [6.45, 7) is 0. The average Bonchev–Trinajstić information content (AvgIpc) is 2.95. The van der Waals surface area contributed by atoms with Crippen molar-refractivity contribution in [3.05, 3.63) is 30.0 Å². The summed E-state index contributed by atoms with van der Waals surface area (Å²) in [7, 11) is 0. The van der Waals surface area contributed by atoms with Crippen molar-refractivity contribution in [2.45, 2.75) is 0 Å². The number of rotatable bonds is 2. The molecule has 1 amide bonds. The molecule has 0 unspecified atom stereocenters. The molecule has 0 atom stereocenters. The minimum atomic E-state index is -0.199. The maximum atomic E-state index is 12.0. The molecule has 3 rings (SSSR count). The van der Waals surface area contributed by atoms with Gasteiger partial charge in [0.2, 0.25) is 0 Å². The molecule has 0 bridgehead atoms. The van der Waals surface area contributed by atoms with Gasteiger partial charge in [0.1, 0.15) is 5.00 Å². The lowest BCUT2D eigenvalue weighted by Crippen LogP contribution is -2.10. The van der Waals surface area contributed by atoms with Crippen LogP contribution in [0.5, 0.6) is 0 Å². The van der Waals surface area contributed by atoms with Gasteiger partial charge in [0.15, 0.2) is 5.13 Å². The van der Waals surface area contributed by atoms with Crippen LogP contribution in [-0.4, -0.2) is 20.5 Å². The Hall–Kier alpha value is -2.06. The topological polar surface area (TPSA) is 93.8 Å². The lowest BCUT2D eigenvalue weighted by molar-refractivity contribution is 0.102. The van der Waals surface area contributed by atoms with Gasteiger partial charge in [-0.1, -0.05) is 15.8 Å². The predicted octanol–water partition coefficient (Wildman–Crippen LogP) is 1.98. The number of thiazole rings is 1. The van der Waals surface area contributed by atoms with Gasteiger partial charge in [-0.05, 0) is 18.2 Å². The first-order chi connectivity index (χ1) is 8.72. The first kappa shape index (κ1) is 11.1. The maximum Gasteiger partial charge on any atom is 0.256 e. The van der Waals surface area contributed by atoms with Gasteiger partial charge in [0.05, 0.1) is 16.4 Å². The number of aromatic nitrogens is 3. The summed E-state index contributed by atoms with van der Waals surface area (Å²) in [4.78, 5) is 16.1. The van der Waals surface area contributed by atoms with Gasteiger partial charge in [-0.3, -0.25) is 4.79 Å². The van der Waals surface area contributed by atoms with Gasteiger partial charge < -0.3 is 11.1 Å². The Bertz CT molecular complexity index is 706. The van der Waals surface area contributed by atoms with E-state index in [2.05, 4.69) is 19.9 Å². The van der Waals surface area contributed by atoms with Crippen LogP contribution >= 0.6 is 22.9 Å². The van der Waals surface area contributed by atoms with Crippen molar-refractivity contribution in [1.29, 1.82) is 0 Å². The van der Waals surface area contributed by atoms with Gasteiger partial charge >= 0.3 is 0 Å². The van der Waals surface area contributed by atoms with E-state index in [1.807, 2.05) is 0 Å². The van der Waals surface area contributed by atoms with E-state index >= 15 is 0 Å². The summed E-state index contributed by atoms with van der Waals surface area (Å²) in [5.74, 6) is -0.199. The summed E-state index contributed by atoms with van der Waals surface area (Å²) in [6.07, 6.45) is 1.51. The molecule has 2 aromatic heterocycles. The van der Waals surface area contributed by atoms with E-state index in [4.69, 9.17) is 5.73 Å². The fourth-order valence-corrected chi connectivity index (χ4v) is 2.68. The van der Waals surface area contributed by atoms with Gasteiger partial charge in [-0.15, -0.1) is 5.10 Å². The number of anilines is 2. The van der Waals surface area contributed by atoms with Crippen molar-refractivity contribution in [2.75, 3.05) is 11.1 Å². The molecule has 2 heterocycles. The van der Waals surface area contributed by atoms with E-state index in [0.29, 0.717) is 15.7 Å². The van der Waals surface area contributed by atoms with Gasteiger partial charge in [-0.2, -0.15) is 0 Å². The highest BCUT2D eigenvalue weighted by molar-refractivity contribution is 7.22. The lowest BCUT2D eigenvalue weighted by atomic mass is 10.2. The second-order valence-electron chi connectivity index (χ2n) is 3.47. The number of fused-ring (bicyclic) bond motifs is 1. The van der Waals surface area contributed by atoms with E-state index in [1.165, 1.54) is 17.5 Å². The third kappa shape index (κ3) is 2.03. The largest absolute Gasteiger partial charge is 0.375 e. The Morgan fingerprint density at radius 3 is 3.06 bits per heavy atom. The van der Waals surface area contributed by atoms with Gasteiger partial charge in [0, 0.05) is 17.1 Å². The second kappa shape index (κ2) is 4.31. The number of carbonyl (C=O) groups is 1. The molecule has 3 aromatic rings. The number of nitrogen functional groups attached to an aromatic ring is 1. The van der Waals surface area contributed by atoms with Crippen LogP contribution in [0.2, 0.25) is 0 Å². The molecule has 1 aromatic carbocycles. The molecule has 6 nitrogen and oxygen atoms in total. The Morgan fingerprint density at radius 1 is 1.39 bits per heavy atom. The molecule has 0 spiro atoms. The zero-order valence-corrected chi connectivity index (χ0v) is 10.6. The van der Waals surface area contributed by atoms with Crippen LogP contribution in [-0.2, 0) is 0 Å². The predicted molar refractivity (Wildman–Crippen MR) is 71.9 cm³/mol. The quantitative estimate of drug-likeness (QED) is 0.747. The number of nitrogens with two attached hydrogens (primary N) is 1. The standard InChI is InChI=1S/C10H7N5OS2/c11-10-13-6-2-1-5(3-7(6)17-10)9(16)14-8-4-12-15-18-8/h1-4H,(H2,11,13)(H,14,16). The number of benzene rings is 1. The molecule has 0 aliphatic carbocycles. The van der Waals surface area contributed by atoms with Crippen LogP contribution < -0.4 is 11.1 Å². The van der Waals surface area contributed by atoms with Crippen LogP contribution in [0.1, 0.15) is 10.4 Å². The van der Waals surface area contributed by atoms with Gasteiger partial charge in [-0.25, -0.2) is 4.98 Å². The smallest absolute Gasteiger partial charge is 0.256 e. The molecule has 90 valence electrons. The SMILES string of the molecule is Nc1nc2ccc(C(=O)Nc3cnns3)cc2s1. The van der Waals surface area contributed by atoms with E-state index < -0.39 is 0 Å². The number of carbonyl (C=O) groups excluding carboxylic acids is 1. The number of nitrogens with one attached hydrogen (secondary N) is 1. The molecular formula is C10H7N5OS2. The highest BCUT2D eigenvalue weighted by atomic mass is 32.1. The Morgan fingerprint density at radius 2 is 2.28 bits per heavy atom. The van der Waals surface area contributed by atoms with Crippen molar-refractivity contribution in [3.63, 3.8) is 0 Å². The zero-order chi connectivity index (χ0) is 12.5. The van der Waals surface area contributed by atoms with E-state index in [-0.39, 0.29) is 5.91 Å². The van der Waals surface area contributed by atoms with Crippen LogP contribution in [0.15, 0.2) is 24.4 Å². The van der Waals surface area contributed by atoms with Crippen molar-refractivity contribution in [3.8, 4) is 0 Å². The fourth-order valence-electron chi connectivity index (χ4n) is 1.49. The van der Waals surface area contributed by atoms with Gasteiger partial charge in [0.25, 0.3) is 5.91 Å².